The lowest BCUT2D eigenvalue weighted by Crippen LogP contribution is -2.58. The number of fused-ring (bicyclic) bond motifs is 22. The highest BCUT2D eigenvalue weighted by atomic mass is 16.3. The molecule has 0 fully saturated rings. The van der Waals surface area contributed by atoms with E-state index >= 15 is 0 Å². The number of hydrogen-bond acceptors (Lipinski definition) is 3. The van der Waals surface area contributed by atoms with Gasteiger partial charge in [0.1, 0.15) is 16.7 Å². The average molecular weight is 711 g/mol. The number of hydrogen-bond donors (Lipinski definition) is 0. The fraction of sp³-hybridized carbons (Fsp3) is 0.0196. The molecule has 1 spiro atoms. The third-order valence-electron chi connectivity index (χ3n) is 13.6. The summed E-state index contributed by atoms with van der Waals surface area (Å²) in [6, 6.07) is 60.5. The Labute approximate surface area is 320 Å². The van der Waals surface area contributed by atoms with Gasteiger partial charge in [0.2, 0.25) is 0 Å². The SMILES string of the molecule is c1ccc2c(c1)-c1ccccc1C21c2ccccc2N2c3c(cccc31)B1c3c(cc4oc5ccccc5c4c32)-c2cccc3c4c5ccccc5oc4n1c23. The molecule has 0 radical (unpaired) electrons. The van der Waals surface area contributed by atoms with Crippen LogP contribution in [0, 0.1) is 0 Å². The van der Waals surface area contributed by atoms with Crippen molar-refractivity contribution in [3.05, 3.63) is 186 Å². The van der Waals surface area contributed by atoms with Gasteiger partial charge in [0.05, 0.1) is 27.6 Å². The third kappa shape index (κ3) is 2.90. The maximum Gasteiger partial charge on any atom is 0.336 e. The van der Waals surface area contributed by atoms with Crippen LogP contribution in [0.15, 0.2) is 173 Å². The van der Waals surface area contributed by atoms with Crippen molar-refractivity contribution in [2.45, 2.75) is 5.41 Å². The smallest absolute Gasteiger partial charge is 0.336 e. The van der Waals surface area contributed by atoms with E-state index in [1.165, 1.54) is 88.8 Å². The number of aromatic nitrogens is 1. The summed E-state index contributed by atoms with van der Waals surface area (Å²) in [7, 11) is 0. The van der Waals surface area contributed by atoms with E-state index in [2.05, 4.69) is 173 Å². The quantitative estimate of drug-likeness (QED) is 0.147. The number of benzene rings is 8. The van der Waals surface area contributed by atoms with Gasteiger partial charge in [0, 0.05) is 32.9 Å². The maximum atomic E-state index is 6.99. The predicted molar refractivity (Wildman–Crippen MR) is 228 cm³/mol. The molecule has 0 bridgehead atoms. The van der Waals surface area contributed by atoms with Gasteiger partial charge < -0.3 is 18.2 Å². The first-order valence-electron chi connectivity index (χ1n) is 19.5. The van der Waals surface area contributed by atoms with Gasteiger partial charge in [0.15, 0.2) is 5.71 Å². The zero-order valence-electron chi connectivity index (χ0n) is 29.9. The van der Waals surface area contributed by atoms with Crippen molar-refractivity contribution in [1.82, 2.24) is 4.48 Å². The summed E-state index contributed by atoms with van der Waals surface area (Å²) >= 11 is 0. The van der Waals surface area contributed by atoms with Gasteiger partial charge in [0.25, 0.3) is 0 Å². The predicted octanol–water partition coefficient (Wildman–Crippen LogP) is 11.5. The molecule has 0 saturated carbocycles. The molecule has 8 aromatic carbocycles. The Kier molecular flexibility index (Phi) is 4.71. The summed E-state index contributed by atoms with van der Waals surface area (Å²) in [4.78, 5) is 2.61. The Morgan fingerprint density at radius 1 is 0.446 bits per heavy atom. The van der Waals surface area contributed by atoms with E-state index in [1.807, 2.05) is 0 Å². The first-order valence-corrected chi connectivity index (χ1v) is 19.5. The summed E-state index contributed by atoms with van der Waals surface area (Å²) in [5, 5.41) is 5.81. The van der Waals surface area contributed by atoms with Gasteiger partial charge in [-0.15, -0.1) is 0 Å². The minimum atomic E-state index is -0.522. The molecule has 5 heteroatoms. The second-order valence-electron chi connectivity index (χ2n) is 15.8. The lowest BCUT2D eigenvalue weighted by molar-refractivity contribution is 0.651. The van der Waals surface area contributed by atoms with E-state index < -0.39 is 5.41 Å². The molecule has 1 aliphatic carbocycles. The molecule has 0 amide bonds. The standard InChI is InChI=1S/C51H27BN2O2/c1-5-19-35-28(13-1)29-14-2-6-20-36(29)51(35)37-21-7-8-24-40(37)53-48-38(51)22-12-23-39(48)52-46-34(27-43-45(49(46)53)32-16-4-9-25-41(32)55-43)30-17-11-18-33-44-31-15-3-10-26-42(31)56-50(44)54(52)47(30)33/h1-27H. The Hall–Kier alpha value is -7.24. The third-order valence-corrected chi connectivity index (χ3v) is 13.6. The van der Waals surface area contributed by atoms with Crippen molar-refractivity contribution in [2.75, 3.05) is 4.90 Å². The van der Waals surface area contributed by atoms with E-state index in [1.54, 1.807) is 0 Å². The first kappa shape index (κ1) is 28.2. The van der Waals surface area contributed by atoms with Crippen molar-refractivity contribution in [1.29, 1.82) is 0 Å². The zero-order chi connectivity index (χ0) is 36.0. The van der Waals surface area contributed by atoms with E-state index in [-0.39, 0.29) is 6.85 Å². The Balaban J connectivity index is 1.20. The highest BCUT2D eigenvalue weighted by Gasteiger charge is 2.55. The van der Waals surface area contributed by atoms with Gasteiger partial charge in [-0.2, -0.15) is 0 Å². The van der Waals surface area contributed by atoms with E-state index in [0.717, 1.165) is 38.6 Å². The highest BCUT2D eigenvalue weighted by Crippen LogP contribution is 2.64. The topological polar surface area (TPSA) is 34.5 Å². The van der Waals surface area contributed by atoms with Crippen LogP contribution in [0.25, 0.3) is 77.2 Å². The molecule has 11 aromatic rings. The molecule has 256 valence electrons. The minimum absolute atomic E-state index is 0.158. The summed E-state index contributed by atoms with van der Waals surface area (Å²) < 4.78 is 16.4. The molecule has 56 heavy (non-hydrogen) atoms. The fourth-order valence-corrected chi connectivity index (χ4v) is 11.7. The molecule has 0 atom stereocenters. The van der Waals surface area contributed by atoms with Crippen molar-refractivity contribution >= 4 is 89.7 Å². The van der Waals surface area contributed by atoms with Crippen LogP contribution in [0.3, 0.4) is 0 Å². The van der Waals surface area contributed by atoms with Crippen LogP contribution in [0.2, 0.25) is 0 Å². The van der Waals surface area contributed by atoms with Crippen LogP contribution >= 0.6 is 0 Å². The molecule has 0 unspecified atom stereocenters. The van der Waals surface area contributed by atoms with Crippen LogP contribution in [0.5, 0.6) is 0 Å². The second kappa shape index (κ2) is 9.34. The Morgan fingerprint density at radius 3 is 1.86 bits per heavy atom. The first-order chi connectivity index (χ1) is 27.8. The van der Waals surface area contributed by atoms with Crippen LogP contribution < -0.4 is 15.8 Å². The maximum absolute atomic E-state index is 6.99. The van der Waals surface area contributed by atoms with Gasteiger partial charge in [-0.05, 0) is 74.1 Å². The van der Waals surface area contributed by atoms with Gasteiger partial charge in [-0.25, -0.2) is 0 Å². The normalized spacial score (nSPS) is 14.9. The summed E-state index contributed by atoms with van der Waals surface area (Å²) in [5.74, 6) is 0. The molecular weight excluding hydrogens is 683 g/mol. The molecule has 4 nitrogen and oxygen atoms in total. The summed E-state index contributed by atoms with van der Waals surface area (Å²) in [6.45, 7) is -0.158. The lowest BCUT2D eigenvalue weighted by Gasteiger charge is -2.49. The number of nitrogens with zero attached hydrogens (tertiary/aromatic N) is 2. The molecule has 0 saturated heterocycles. The van der Waals surface area contributed by atoms with Gasteiger partial charge >= 0.3 is 6.85 Å². The Bertz CT molecular complexity index is 3590. The van der Waals surface area contributed by atoms with Crippen molar-refractivity contribution in [3.8, 4) is 22.3 Å². The molecule has 0 N–H and O–H groups in total. The molecule has 3 aromatic heterocycles. The fourth-order valence-electron chi connectivity index (χ4n) is 11.7. The Morgan fingerprint density at radius 2 is 1.05 bits per heavy atom. The monoisotopic (exact) mass is 710 g/mol. The van der Waals surface area contributed by atoms with Gasteiger partial charge in [-0.1, -0.05) is 140 Å². The van der Waals surface area contributed by atoms with Crippen LogP contribution in [-0.2, 0) is 5.41 Å². The van der Waals surface area contributed by atoms with Crippen LogP contribution in [0.4, 0.5) is 17.1 Å². The van der Waals surface area contributed by atoms with E-state index in [0.29, 0.717) is 0 Å². The van der Waals surface area contributed by atoms with Crippen molar-refractivity contribution in [3.63, 3.8) is 0 Å². The second-order valence-corrected chi connectivity index (χ2v) is 15.8. The lowest BCUT2D eigenvalue weighted by atomic mass is 9.44. The number of anilines is 3. The zero-order valence-corrected chi connectivity index (χ0v) is 29.9. The highest BCUT2D eigenvalue weighted by molar-refractivity contribution is 6.90. The van der Waals surface area contributed by atoms with Crippen molar-refractivity contribution < 1.29 is 8.83 Å². The summed E-state index contributed by atoms with van der Waals surface area (Å²) in [6.07, 6.45) is 0. The van der Waals surface area contributed by atoms with Crippen LogP contribution in [0.1, 0.15) is 22.3 Å². The average Bonchev–Trinajstić information content (AvgIpc) is 3.99. The largest absolute Gasteiger partial charge is 0.456 e. The van der Waals surface area contributed by atoms with Gasteiger partial charge in [-0.3, -0.25) is 0 Å². The molecule has 3 aliphatic heterocycles. The van der Waals surface area contributed by atoms with E-state index in [4.69, 9.17) is 8.83 Å². The molecule has 4 aliphatic rings. The number of rotatable bonds is 0. The summed E-state index contributed by atoms with van der Waals surface area (Å²) in [5.41, 5.74) is 20.8. The van der Waals surface area contributed by atoms with Crippen molar-refractivity contribution in [2.24, 2.45) is 0 Å². The number of para-hydroxylation sites is 5. The van der Waals surface area contributed by atoms with E-state index in [9.17, 15) is 0 Å². The molecular formula is C51H27BN2O2. The minimum Gasteiger partial charge on any atom is -0.456 e. The van der Waals surface area contributed by atoms with Crippen LogP contribution in [-0.4, -0.2) is 11.3 Å². The molecule has 6 heterocycles. The number of furan rings is 2. The molecule has 15 rings (SSSR count).